The topological polar surface area (TPSA) is 50.4 Å². The van der Waals surface area contributed by atoms with Gasteiger partial charge in [-0.25, -0.2) is 0 Å². The molecule has 112 valence electrons. The van der Waals surface area contributed by atoms with Gasteiger partial charge in [-0.3, -0.25) is 4.79 Å². The molecule has 2 N–H and O–H groups in total. The molecule has 1 amide bonds. The summed E-state index contributed by atoms with van der Waals surface area (Å²) in [6.07, 6.45) is 1.68. The van der Waals surface area contributed by atoms with E-state index in [4.69, 9.17) is 4.74 Å². The zero-order chi connectivity index (χ0) is 13.7. The average Bonchev–Trinajstić information content (AvgIpc) is 2.40. The summed E-state index contributed by atoms with van der Waals surface area (Å²) in [5.74, 6) is 0.694. The molecule has 0 bridgehead atoms. The predicted molar refractivity (Wildman–Crippen MR) is 82.6 cm³/mol. The van der Waals surface area contributed by atoms with Crippen molar-refractivity contribution in [1.29, 1.82) is 0 Å². The Hall–Kier alpha value is -1.26. The molecule has 1 aliphatic rings. The highest BCUT2D eigenvalue weighted by atomic mass is 35.5. The van der Waals surface area contributed by atoms with Crippen molar-refractivity contribution in [2.75, 3.05) is 13.1 Å². The second-order valence-electron chi connectivity index (χ2n) is 5.13. The highest BCUT2D eigenvalue weighted by molar-refractivity contribution is 5.85. The lowest BCUT2D eigenvalue weighted by Gasteiger charge is -2.25. The van der Waals surface area contributed by atoms with Gasteiger partial charge in [0, 0.05) is 12.6 Å². The molecular formula is C15H23ClN2O2. The maximum atomic E-state index is 12.0. The lowest BCUT2D eigenvalue weighted by atomic mass is 10.1. The Balaban J connectivity index is 0.00000200. The molecule has 20 heavy (non-hydrogen) atoms. The Morgan fingerprint density at radius 1 is 1.50 bits per heavy atom. The highest BCUT2D eigenvalue weighted by Crippen LogP contribution is 2.14. The Kier molecular flexibility index (Phi) is 6.82. The Bertz CT molecular complexity index is 434. The van der Waals surface area contributed by atoms with E-state index < -0.39 is 6.10 Å². The molecule has 0 radical (unpaired) electrons. The highest BCUT2D eigenvalue weighted by Gasteiger charge is 2.20. The van der Waals surface area contributed by atoms with Crippen molar-refractivity contribution in [3.05, 3.63) is 29.8 Å². The van der Waals surface area contributed by atoms with Crippen LogP contribution in [0.15, 0.2) is 24.3 Å². The van der Waals surface area contributed by atoms with Crippen molar-refractivity contribution in [3.63, 3.8) is 0 Å². The number of amides is 1. The van der Waals surface area contributed by atoms with Gasteiger partial charge in [0.1, 0.15) is 5.75 Å². The van der Waals surface area contributed by atoms with Crippen molar-refractivity contribution in [3.8, 4) is 5.75 Å². The second kappa shape index (κ2) is 8.12. The van der Waals surface area contributed by atoms with Gasteiger partial charge in [0.25, 0.3) is 5.91 Å². The summed E-state index contributed by atoms with van der Waals surface area (Å²) >= 11 is 0. The first kappa shape index (κ1) is 16.8. The molecule has 0 aromatic heterocycles. The smallest absolute Gasteiger partial charge is 0.261 e. The minimum atomic E-state index is -0.469. The normalized spacial score (nSPS) is 19.6. The number of hydrogen-bond donors (Lipinski definition) is 2. The third-order valence-electron chi connectivity index (χ3n) is 3.31. The van der Waals surface area contributed by atoms with Crippen LogP contribution in [0.25, 0.3) is 0 Å². The van der Waals surface area contributed by atoms with E-state index in [2.05, 4.69) is 10.6 Å². The van der Waals surface area contributed by atoms with Crippen LogP contribution >= 0.6 is 12.4 Å². The Labute approximate surface area is 126 Å². The van der Waals surface area contributed by atoms with Gasteiger partial charge in [0.05, 0.1) is 0 Å². The molecule has 0 aliphatic carbocycles. The van der Waals surface area contributed by atoms with Gasteiger partial charge in [-0.1, -0.05) is 12.1 Å². The van der Waals surface area contributed by atoms with Crippen LogP contribution in [0.5, 0.6) is 5.75 Å². The van der Waals surface area contributed by atoms with E-state index >= 15 is 0 Å². The van der Waals surface area contributed by atoms with Crippen molar-refractivity contribution in [2.45, 2.75) is 38.8 Å². The standard InChI is InChI=1S/C15H22N2O2.ClH/c1-11-5-3-7-14(9-11)19-12(2)15(18)17-13-6-4-8-16-10-13;/h3,5,7,9,12-13,16H,4,6,8,10H2,1-2H3,(H,17,18);1H. The number of carbonyl (C=O) groups is 1. The fourth-order valence-corrected chi connectivity index (χ4v) is 2.24. The fourth-order valence-electron chi connectivity index (χ4n) is 2.24. The van der Waals surface area contributed by atoms with E-state index in [1.165, 1.54) is 0 Å². The van der Waals surface area contributed by atoms with E-state index in [1.807, 2.05) is 31.2 Å². The summed E-state index contributed by atoms with van der Waals surface area (Å²) in [5, 5.41) is 6.31. The molecule has 1 aliphatic heterocycles. The van der Waals surface area contributed by atoms with E-state index in [-0.39, 0.29) is 24.4 Å². The fraction of sp³-hybridized carbons (Fsp3) is 0.533. The minimum Gasteiger partial charge on any atom is -0.481 e. The zero-order valence-corrected chi connectivity index (χ0v) is 12.8. The summed E-state index contributed by atoms with van der Waals surface area (Å²) in [4.78, 5) is 12.0. The van der Waals surface area contributed by atoms with Crippen LogP contribution < -0.4 is 15.4 Å². The van der Waals surface area contributed by atoms with Crippen LogP contribution in [0, 0.1) is 6.92 Å². The van der Waals surface area contributed by atoms with Gasteiger partial charge in [-0.15, -0.1) is 12.4 Å². The van der Waals surface area contributed by atoms with Crippen molar-refractivity contribution >= 4 is 18.3 Å². The van der Waals surface area contributed by atoms with E-state index in [1.54, 1.807) is 6.92 Å². The van der Waals surface area contributed by atoms with Crippen LogP contribution in [0.3, 0.4) is 0 Å². The molecule has 1 heterocycles. The van der Waals surface area contributed by atoms with Gasteiger partial charge in [0.15, 0.2) is 6.10 Å². The Morgan fingerprint density at radius 2 is 2.30 bits per heavy atom. The van der Waals surface area contributed by atoms with Crippen LogP contribution in [0.1, 0.15) is 25.3 Å². The lowest BCUT2D eigenvalue weighted by Crippen LogP contribution is -2.49. The number of carbonyl (C=O) groups excluding carboxylic acids is 1. The van der Waals surface area contributed by atoms with Gasteiger partial charge in [0.2, 0.25) is 0 Å². The molecule has 0 spiro atoms. The molecular weight excluding hydrogens is 276 g/mol. The number of halogens is 1. The number of hydrogen-bond acceptors (Lipinski definition) is 3. The van der Waals surface area contributed by atoms with E-state index in [9.17, 15) is 4.79 Å². The molecule has 1 aromatic carbocycles. The SMILES string of the molecule is Cc1cccc(OC(C)C(=O)NC2CCCNC2)c1.Cl. The molecule has 1 saturated heterocycles. The quantitative estimate of drug-likeness (QED) is 0.894. The van der Waals surface area contributed by atoms with Crippen molar-refractivity contribution < 1.29 is 9.53 Å². The minimum absolute atomic E-state index is 0. The van der Waals surface area contributed by atoms with Crippen LogP contribution in [0.2, 0.25) is 0 Å². The number of rotatable bonds is 4. The summed E-state index contributed by atoms with van der Waals surface area (Å²) in [7, 11) is 0. The van der Waals surface area contributed by atoms with Gasteiger partial charge in [-0.2, -0.15) is 0 Å². The maximum Gasteiger partial charge on any atom is 0.261 e. The average molecular weight is 299 g/mol. The largest absolute Gasteiger partial charge is 0.481 e. The summed E-state index contributed by atoms with van der Waals surface area (Å²) in [5.41, 5.74) is 1.13. The van der Waals surface area contributed by atoms with E-state index in [0.29, 0.717) is 0 Å². The molecule has 2 unspecified atom stereocenters. The molecule has 4 nitrogen and oxygen atoms in total. The van der Waals surface area contributed by atoms with Gasteiger partial charge in [-0.05, 0) is 50.9 Å². The van der Waals surface area contributed by atoms with Crippen LogP contribution in [-0.2, 0) is 4.79 Å². The molecule has 5 heteroatoms. The number of nitrogens with one attached hydrogen (secondary N) is 2. The zero-order valence-electron chi connectivity index (χ0n) is 12.0. The lowest BCUT2D eigenvalue weighted by molar-refractivity contribution is -0.128. The first-order valence-corrected chi connectivity index (χ1v) is 6.89. The molecule has 1 fully saturated rings. The van der Waals surface area contributed by atoms with Crippen molar-refractivity contribution in [1.82, 2.24) is 10.6 Å². The number of piperidine rings is 1. The van der Waals surface area contributed by atoms with Gasteiger partial charge >= 0.3 is 0 Å². The predicted octanol–water partition coefficient (Wildman–Crippen LogP) is 2.05. The first-order chi connectivity index (χ1) is 9.15. The third kappa shape index (κ3) is 5.02. The monoisotopic (exact) mass is 298 g/mol. The van der Waals surface area contributed by atoms with Crippen molar-refractivity contribution in [2.24, 2.45) is 0 Å². The molecule has 2 atom stereocenters. The number of ether oxygens (including phenoxy) is 1. The summed E-state index contributed by atoms with van der Waals surface area (Å²) < 4.78 is 5.67. The Morgan fingerprint density at radius 3 is 2.95 bits per heavy atom. The summed E-state index contributed by atoms with van der Waals surface area (Å²) in [6.45, 7) is 5.68. The van der Waals surface area contributed by atoms with Crippen LogP contribution in [0.4, 0.5) is 0 Å². The molecule has 1 aromatic rings. The number of aryl methyl sites for hydroxylation is 1. The number of benzene rings is 1. The van der Waals surface area contributed by atoms with E-state index in [0.717, 1.165) is 37.2 Å². The third-order valence-corrected chi connectivity index (χ3v) is 3.31. The second-order valence-corrected chi connectivity index (χ2v) is 5.13. The van der Waals surface area contributed by atoms with Gasteiger partial charge < -0.3 is 15.4 Å². The summed E-state index contributed by atoms with van der Waals surface area (Å²) in [6, 6.07) is 7.97. The molecule has 2 rings (SSSR count). The maximum absolute atomic E-state index is 12.0. The van der Waals surface area contributed by atoms with Crippen LogP contribution in [-0.4, -0.2) is 31.1 Å². The molecule has 0 saturated carbocycles. The first-order valence-electron chi connectivity index (χ1n) is 6.89.